The molecule has 1 fully saturated rings. The molecule has 1 heterocycles. The first-order valence-electron chi connectivity index (χ1n) is 8.27. The maximum absolute atomic E-state index is 3.75. The van der Waals surface area contributed by atoms with Crippen LogP contribution in [-0.4, -0.2) is 37.6 Å². The lowest BCUT2D eigenvalue weighted by molar-refractivity contribution is 0.188. The van der Waals surface area contributed by atoms with E-state index in [1.54, 1.807) is 5.57 Å². The molecule has 0 aromatic carbocycles. The Morgan fingerprint density at radius 1 is 1.21 bits per heavy atom. The van der Waals surface area contributed by atoms with E-state index in [0.717, 1.165) is 17.8 Å². The highest BCUT2D eigenvalue weighted by Crippen LogP contribution is 2.27. The SMILES string of the molecule is CCN1CCC(CNCC2CC(C)=CC(C)C2)CC1. The minimum absolute atomic E-state index is 0.786. The minimum Gasteiger partial charge on any atom is -0.316 e. The van der Waals surface area contributed by atoms with Gasteiger partial charge in [-0.1, -0.05) is 25.5 Å². The first-order valence-corrected chi connectivity index (χ1v) is 8.27. The molecule has 2 unspecified atom stereocenters. The standard InChI is InChI=1S/C17H32N2/c1-4-19-7-5-16(6-8-19)12-18-13-17-10-14(2)9-15(3)11-17/h9,14,16-18H,4-8,10-13H2,1-3H3. The van der Waals surface area contributed by atoms with Crippen molar-refractivity contribution in [2.75, 3.05) is 32.7 Å². The lowest BCUT2D eigenvalue weighted by Gasteiger charge is -2.32. The van der Waals surface area contributed by atoms with E-state index >= 15 is 0 Å². The largest absolute Gasteiger partial charge is 0.316 e. The van der Waals surface area contributed by atoms with E-state index in [1.807, 2.05) is 0 Å². The van der Waals surface area contributed by atoms with Crippen molar-refractivity contribution in [3.63, 3.8) is 0 Å². The number of nitrogens with one attached hydrogen (secondary N) is 1. The molecule has 0 bridgehead atoms. The van der Waals surface area contributed by atoms with Gasteiger partial charge < -0.3 is 10.2 Å². The third kappa shape index (κ3) is 4.92. The van der Waals surface area contributed by atoms with E-state index in [9.17, 15) is 0 Å². The van der Waals surface area contributed by atoms with Crippen molar-refractivity contribution < 1.29 is 0 Å². The van der Waals surface area contributed by atoms with Crippen molar-refractivity contribution in [3.05, 3.63) is 11.6 Å². The van der Waals surface area contributed by atoms with Crippen LogP contribution in [0.3, 0.4) is 0 Å². The summed E-state index contributed by atoms with van der Waals surface area (Å²) in [5.41, 5.74) is 1.60. The summed E-state index contributed by atoms with van der Waals surface area (Å²) >= 11 is 0. The highest BCUT2D eigenvalue weighted by Gasteiger charge is 2.20. The van der Waals surface area contributed by atoms with Crippen LogP contribution in [0.2, 0.25) is 0 Å². The number of allylic oxidation sites excluding steroid dienone is 2. The van der Waals surface area contributed by atoms with Crippen LogP contribution in [0, 0.1) is 17.8 Å². The first-order chi connectivity index (χ1) is 9.17. The van der Waals surface area contributed by atoms with Gasteiger partial charge in [-0.3, -0.25) is 0 Å². The van der Waals surface area contributed by atoms with Gasteiger partial charge >= 0.3 is 0 Å². The average molecular weight is 264 g/mol. The monoisotopic (exact) mass is 264 g/mol. The highest BCUT2D eigenvalue weighted by atomic mass is 15.1. The Balaban J connectivity index is 1.61. The Hall–Kier alpha value is -0.340. The van der Waals surface area contributed by atoms with E-state index in [2.05, 4.69) is 37.1 Å². The fourth-order valence-corrected chi connectivity index (χ4v) is 3.84. The molecule has 2 heteroatoms. The Morgan fingerprint density at radius 3 is 2.53 bits per heavy atom. The van der Waals surface area contributed by atoms with Gasteiger partial charge in [-0.05, 0) is 83.1 Å². The number of rotatable bonds is 5. The van der Waals surface area contributed by atoms with Crippen molar-refractivity contribution in [2.24, 2.45) is 17.8 Å². The zero-order valence-corrected chi connectivity index (χ0v) is 13.1. The molecule has 0 aromatic heterocycles. The van der Waals surface area contributed by atoms with Gasteiger partial charge in [0.2, 0.25) is 0 Å². The molecule has 0 amide bonds. The van der Waals surface area contributed by atoms with Crippen molar-refractivity contribution in [1.82, 2.24) is 10.2 Å². The predicted octanol–water partition coefficient (Wildman–Crippen LogP) is 3.30. The van der Waals surface area contributed by atoms with Crippen LogP contribution in [-0.2, 0) is 0 Å². The highest BCUT2D eigenvalue weighted by molar-refractivity contribution is 5.06. The van der Waals surface area contributed by atoms with E-state index in [0.29, 0.717) is 0 Å². The summed E-state index contributed by atoms with van der Waals surface area (Å²) in [6, 6.07) is 0. The molecule has 0 radical (unpaired) electrons. The minimum atomic E-state index is 0.786. The van der Waals surface area contributed by atoms with Crippen molar-refractivity contribution in [2.45, 2.75) is 46.5 Å². The normalized spacial score (nSPS) is 30.4. The second kappa shape index (κ2) is 7.44. The molecule has 2 nitrogen and oxygen atoms in total. The predicted molar refractivity (Wildman–Crippen MR) is 83.4 cm³/mol. The van der Waals surface area contributed by atoms with Gasteiger partial charge in [0.15, 0.2) is 0 Å². The number of nitrogens with zero attached hydrogens (tertiary/aromatic N) is 1. The fraction of sp³-hybridized carbons (Fsp3) is 0.882. The molecule has 2 aliphatic rings. The summed E-state index contributed by atoms with van der Waals surface area (Å²) in [7, 11) is 0. The molecule has 0 spiro atoms. The number of hydrogen-bond acceptors (Lipinski definition) is 2. The zero-order valence-electron chi connectivity index (χ0n) is 13.1. The van der Waals surface area contributed by atoms with E-state index in [4.69, 9.17) is 0 Å². The van der Waals surface area contributed by atoms with Crippen LogP contribution >= 0.6 is 0 Å². The molecular formula is C17H32N2. The summed E-state index contributed by atoms with van der Waals surface area (Å²) in [5.74, 6) is 2.57. The van der Waals surface area contributed by atoms with Gasteiger partial charge in [0, 0.05) is 0 Å². The lowest BCUT2D eigenvalue weighted by atomic mass is 9.83. The number of hydrogen-bond donors (Lipinski definition) is 1. The summed E-state index contributed by atoms with van der Waals surface area (Å²) in [4.78, 5) is 2.58. The van der Waals surface area contributed by atoms with E-state index < -0.39 is 0 Å². The summed E-state index contributed by atoms with van der Waals surface area (Å²) < 4.78 is 0. The molecule has 0 aromatic rings. The quantitative estimate of drug-likeness (QED) is 0.767. The maximum Gasteiger partial charge on any atom is -0.00157 e. The van der Waals surface area contributed by atoms with Crippen LogP contribution in [0.4, 0.5) is 0 Å². The first kappa shape index (κ1) is 15.1. The van der Waals surface area contributed by atoms with Crippen molar-refractivity contribution >= 4 is 0 Å². The zero-order chi connectivity index (χ0) is 13.7. The van der Waals surface area contributed by atoms with Gasteiger partial charge in [0.1, 0.15) is 0 Å². The molecule has 2 rings (SSSR count). The van der Waals surface area contributed by atoms with Crippen LogP contribution < -0.4 is 5.32 Å². The van der Waals surface area contributed by atoms with Crippen LogP contribution in [0.25, 0.3) is 0 Å². The van der Waals surface area contributed by atoms with E-state index in [1.165, 1.54) is 58.4 Å². The molecule has 19 heavy (non-hydrogen) atoms. The molecule has 1 saturated heterocycles. The van der Waals surface area contributed by atoms with Crippen molar-refractivity contribution in [1.29, 1.82) is 0 Å². The maximum atomic E-state index is 3.75. The Morgan fingerprint density at radius 2 is 1.89 bits per heavy atom. The lowest BCUT2D eigenvalue weighted by Crippen LogP contribution is -2.38. The second-order valence-electron chi connectivity index (χ2n) is 6.83. The molecule has 1 N–H and O–H groups in total. The summed E-state index contributed by atoms with van der Waals surface area (Å²) in [6.07, 6.45) is 7.92. The summed E-state index contributed by atoms with van der Waals surface area (Å²) in [5, 5.41) is 3.75. The van der Waals surface area contributed by atoms with Crippen LogP contribution in [0.1, 0.15) is 46.5 Å². The Labute approximate surface area is 119 Å². The van der Waals surface area contributed by atoms with Gasteiger partial charge in [0.25, 0.3) is 0 Å². The van der Waals surface area contributed by atoms with Crippen LogP contribution in [0.15, 0.2) is 11.6 Å². The average Bonchev–Trinajstić information content (AvgIpc) is 2.38. The van der Waals surface area contributed by atoms with Crippen molar-refractivity contribution in [3.8, 4) is 0 Å². The third-order valence-electron chi connectivity index (χ3n) is 4.91. The van der Waals surface area contributed by atoms with Gasteiger partial charge in [-0.2, -0.15) is 0 Å². The van der Waals surface area contributed by atoms with Crippen LogP contribution in [0.5, 0.6) is 0 Å². The molecular weight excluding hydrogens is 232 g/mol. The molecule has 110 valence electrons. The second-order valence-corrected chi connectivity index (χ2v) is 6.83. The molecule has 0 saturated carbocycles. The van der Waals surface area contributed by atoms with Gasteiger partial charge in [-0.15, -0.1) is 0 Å². The number of likely N-dealkylation sites (tertiary alicyclic amines) is 1. The third-order valence-corrected chi connectivity index (χ3v) is 4.91. The van der Waals surface area contributed by atoms with Gasteiger partial charge in [-0.25, -0.2) is 0 Å². The number of piperidine rings is 1. The topological polar surface area (TPSA) is 15.3 Å². The Kier molecular flexibility index (Phi) is 5.90. The molecule has 1 aliphatic heterocycles. The molecule has 2 atom stereocenters. The fourth-order valence-electron chi connectivity index (χ4n) is 3.84. The Bertz CT molecular complexity index is 290. The smallest absolute Gasteiger partial charge is 0.00157 e. The summed E-state index contributed by atoms with van der Waals surface area (Å²) in [6.45, 7) is 13.2. The van der Waals surface area contributed by atoms with E-state index in [-0.39, 0.29) is 0 Å². The van der Waals surface area contributed by atoms with Gasteiger partial charge in [0.05, 0.1) is 0 Å². The molecule has 1 aliphatic carbocycles.